The van der Waals surface area contributed by atoms with Gasteiger partial charge in [0.15, 0.2) is 6.10 Å². The van der Waals surface area contributed by atoms with Crippen molar-refractivity contribution in [2.45, 2.75) is 136 Å². The molecule has 0 aromatic heterocycles. The average Bonchev–Trinajstić information content (AvgIpc) is 2.69. The maximum atomic E-state index is 12.1. The molecule has 0 amide bonds. The molecule has 0 aliphatic carbocycles. The van der Waals surface area contributed by atoms with Gasteiger partial charge in [-0.1, -0.05) is 110 Å². The lowest BCUT2D eigenvalue weighted by Gasteiger charge is -2.28. The van der Waals surface area contributed by atoms with Gasteiger partial charge in [-0.3, -0.25) is 9.59 Å². The van der Waals surface area contributed by atoms with Crippen LogP contribution in [-0.2, 0) is 14.3 Å². The van der Waals surface area contributed by atoms with E-state index >= 15 is 0 Å². The first kappa shape index (κ1) is 31.9. The van der Waals surface area contributed by atoms with Gasteiger partial charge >= 0.3 is 11.9 Å². The van der Waals surface area contributed by atoms with Crippen molar-refractivity contribution < 1.29 is 23.9 Å². The molecule has 0 rings (SSSR count). The molecule has 0 spiro atoms. The van der Waals surface area contributed by atoms with E-state index < -0.39 is 12.1 Å². The van der Waals surface area contributed by atoms with Crippen LogP contribution in [-0.4, -0.2) is 55.3 Å². The van der Waals surface area contributed by atoms with E-state index in [0.29, 0.717) is 17.4 Å². The first-order valence-corrected chi connectivity index (χ1v) is 13.9. The molecule has 5 heteroatoms. The molecule has 5 nitrogen and oxygen atoms in total. The van der Waals surface area contributed by atoms with Gasteiger partial charge in [0.25, 0.3) is 0 Å². The third kappa shape index (κ3) is 23.8. The molecule has 33 heavy (non-hydrogen) atoms. The van der Waals surface area contributed by atoms with E-state index in [1.54, 1.807) is 0 Å². The van der Waals surface area contributed by atoms with Gasteiger partial charge in [0, 0.05) is 6.42 Å². The maximum Gasteiger partial charge on any atom is 0.307 e. The largest absolute Gasteiger partial charge is 0.481 e. The highest BCUT2D eigenvalue weighted by Crippen LogP contribution is 2.18. The number of nitrogens with zero attached hydrogens (tertiary/aromatic N) is 1. The number of hydrogen-bond donors (Lipinski definition) is 1. The molecule has 196 valence electrons. The predicted octanol–water partition coefficient (Wildman–Crippen LogP) is 7.37. The van der Waals surface area contributed by atoms with E-state index in [1.165, 1.54) is 89.9 Å². The van der Waals surface area contributed by atoms with E-state index in [1.807, 2.05) is 21.1 Å². The van der Waals surface area contributed by atoms with Crippen molar-refractivity contribution in [2.24, 2.45) is 5.92 Å². The van der Waals surface area contributed by atoms with Crippen molar-refractivity contribution in [3.63, 3.8) is 0 Å². The molecule has 1 N–H and O–H groups in total. The highest BCUT2D eigenvalue weighted by atomic mass is 16.5. The minimum Gasteiger partial charge on any atom is -0.481 e. The SMILES string of the molecule is CCCCCC(C)CCCCCCCCCCCCCC(=O)OC(CC(=O)O)C[N+](C)(C)C. The Bertz CT molecular complexity index is 487. The van der Waals surface area contributed by atoms with Gasteiger partial charge in [-0.25, -0.2) is 0 Å². The third-order valence-corrected chi connectivity index (χ3v) is 6.33. The van der Waals surface area contributed by atoms with E-state index in [4.69, 9.17) is 9.84 Å². The summed E-state index contributed by atoms with van der Waals surface area (Å²) < 4.78 is 6.01. The molecule has 0 heterocycles. The van der Waals surface area contributed by atoms with Crippen molar-refractivity contribution >= 4 is 11.9 Å². The quantitative estimate of drug-likeness (QED) is 0.0962. The zero-order valence-corrected chi connectivity index (χ0v) is 22.7. The summed E-state index contributed by atoms with van der Waals surface area (Å²) >= 11 is 0. The molecule has 2 unspecified atom stereocenters. The normalized spacial score (nSPS) is 13.6. The fourth-order valence-electron chi connectivity index (χ4n) is 4.43. The molecule has 0 aliphatic heterocycles. The molecular weight excluding hydrogens is 414 g/mol. The Morgan fingerprint density at radius 1 is 0.758 bits per heavy atom. The number of carbonyl (C=O) groups excluding carboxylic acids is 1. The number of esters is 1. The van der Waals surface area contributed by atoms with Crippen molar-refractivity contribution in [3.8, 4) is 0 Å². The van der Waals surface area contributed by atoms with Gasteiger partial charge in [0.1, 0.15) is 6.54 Å². The first-order valence-electron chi connectivity index (χ1n) is 13.9. The van der Waals surface area contributed by atoms with E-state index in [-0.39, 0.29) is 12.4 Å². The first-order chi connectivity index (χ1) is 15.6. The second kappa shape index (κ2) is 20.3. The number of carbonyl (C=O) groups is 2. The summed E-state index contributed by atoms with van der Waals surface area (Å²) in [6.07, 6.45) is 20.5. The van der Waals surface area contributed by atoms with Gasteiger partial charge in [-0.15, -0.1) is 0 Å². The number of carboxylic acids is 1. The van der Waals surface area contributed by atoms with Gasteiger partial charge in [-0.05, 0) is 12.3 Å². The van der Waals surface area contributed by atoms with E-state index in [0.717, 1.165) is 18.8 Å². The Morgan fingerprint density at radius 3 is 1.67 bits per heavy atom. The van der Waals surface area contributed by atoms with E-state index in [9.17, 15) is 9.59 Å². The number of carboxylic acid groups (broad SMARTS) is 1. The summed E-state index contributed by atoms with van der Waals surface area (Å²) in [4.78, 5) is 23.1. The molecular formula is C28H56NO4+. The van der Waals surface area contributed by atoms with Crippen molar-refractivity contribution in [1.29, 1.82) is 0 Å². The summed E-state index contributed by atoms with van der Waals surface area (Å²) in [5.74, 6) is -0.272. The lowest BCUT2D eigenvalue weighted by atomic mass is 9.96. The van der Waals surface area contributed by atoms with Crippen LogP contribution in [0.1, 0.15) is 129 Å². The Morgan fingerprint density at radius 2 is 1.21 bits per heavy atom. The average molecular weight is 471 g/mol. The molecule has 0 aliphatic rings. The van der Waals surface area contributed by atoms with Crippen molar-refractivity contribution in [2.75, 3.05) is 27.7 Å². The number of hydrogen-bond acceptors (Lipinski definition) is 3. The van der Waals surface area contributed by atoms with Gasteiger partial charge in [-0.2, -0.15) is 0 Å². The predicted molar refractivity (Wildman–Crippen MR) is 138 cm³/mol. The molecule has 2 atom stereocenters. The highest BCUT2D eigenvalue weighted by Gasteiger charge is 2.24. The zero-order chi connectivity index (χ0) is 25.0. The van der Waals surface area contributed by atoms with Crippen LogP contribution in [0.15, 0.2) is 0 Å². The van der Waals surface area contributed by atoms with Gasteiger partial charge in [0.05, 0.1) is 27.6 Å². The molecule has 0 aromatic rings. The van der Waals surface area contributed by atoms with Gasteiger partial charge < -0.3 is 14.3 Å². The highest BCUT2D eigenvalue weighted by molar-refractivity contribution is 5.71. The van der Waals surface area contributed by atoms with Crippen LogP contribution in [0.2, 0.25) is 0 Å². The van der Waals surface area contributed by atoms with E-state index in [2.05, 4.69) is 13.8 Å². The Hall–Kier alpha value is -1.10. The van der Waals surface area contributed by atoms with Crippen molar-refractivity contribution in [3.05, 3.63) is 0 Å². The Kier molecular flexibility index (Phi) is 19.6. The maximum absolute atomic E-state index is 12.1. The molecule has 0 bridgehead atoms. The number of aliphatic carboxylic acids is 1. The number of ether oxygens (including phenoxy) is 1. The number of likely N-dealkylation sites (N-methyl/N-ethyl adjacent to an activating group) is 1. The minimum absolute atomic E-state index is 0.126. The topological polar surface area (TPSA) is 63.6 Å². The fourth-order valence-corrected chi connectivity index (χ4v) is 4.43. The summed E-state index contributed by atoms with van der Waals surface area (Å²) in [6, 6.07) is 0. The lowest BCUT2D eigenvalue weighted by molar-refractivity contribution is -0.873. The molecule has 0 fully saturated rings. The second-order valence-electron chi connectivity index (χ2n) is 11.2. The molecule has 0 saturated heterocycles. The van der Waals surface area contributed by atoms with Crippen LogP contribution in [0.5, 0.6) is 0 Å². The number of unbranched alkanes of at least 4 members (excludes halogenated alkanes) is 12. The monoisotopic (exact) mass is 470 g/mol. The smallest absolute Gasteiger partial charge is 0.307 e. The number of rotatable bonds is 23. The van der Waals surface area contributed by atoms with Crippen LogP contribution < -0.4 is 0 Å². The van der Waals surface area contributed by atoms with Crippen molar-refractivity contribution in [1.82, 2.24) is 0 Å². The fraction of sp³-hybridized carbons (Fsp3) is 0.929. The Balaban J connectivity index is 3.55. The Labute approximate surface area is 205 Å². The van der Waals surface area contributed by atoms with Gasteiger partial charge in [0.2, 0.25) is 0 Å². The van der Waals surface area contributed by atoms with Crippen LogP contribution in [0.3, 0.4) is 0 Å². The summed E-state index contributed by atoms with van der Waals surface area (Å²) in [6.45, 7) is 5.21. The summed E-state index contributed by atoms with van der Waals surface area (Å²) in [5.41, 5.74) is 0. The third-order valence-electron chi connectivity index (χ3n) is 6.33. The summed E-state index contributed by atoms with van der Waals surface area (Å²) in [5, 5.41) is 9.04. The second-order valence-corrected chi connectivity index (χ2v) is 11.2. The standard InChI is InChI=1S/C28H55NO4/c1-6-7-17-20-25(2)21-18-15-13-11-9-8-10-12-14-16-19-22-28(32)33-26(23-27(30)31)24-29(3,4)5/h25-26H,6-24H2,1-5H3/p+1. The molecule has 0 radical (unpaired) electrons. The van der Waals surface area contributed by atoms with Crippen LogP contribution in [0.4, 0.5) is 0 Å². The minimum atomic E-state index is -0.923. The summed E-state index contributed by atoms with van der Waals surface area (Å²) in [7, 11) is 5.92. The zero-order valence-electron chi connectivity index (χ0n) is 22.7. The number of quaternary nitrogens is 1. The van der Waals surface area contributed by atoms with Crippen LogP contribution in [0, 0.1) is 5.92 Å². The molecule has 0 aromatic carbocycles. The van der Waals surface area contributed by atoms with Crippen LogP contribution in [0.25, 0.3) is 0 Å². The van der Waals surface area contributed by atoms with Crippen LogP contribution >= 0.6 is 0 Å². The molecule has 0 saturated carbocycles. The lowest BCUT2D eigenvalue weighted by Crippen LogP contribution is -2.43.